The number of nitrogens with one attached hydrogen (secondary N) is 1. The molecule has 168 valence electrons. The predicted molar refractivity (Wildman–Crippen MR) is 114 cm³/mol. The summed E-state index contributed by atoms with van der Waals surface area (Å²) < 4.78 is 27.3. The van der Waals surface area contributed by atoms with E-state index in [0.29, 0.717) is 24.2 Å². The maximum absolute atomic E-state index is 13.7. The van der Waals surface area contributed by atoms with Gasteiger partial charge in [-0.2, -0.15) is 0 Å². The maximum Gasteiger partial charge on any atom is 0.290 e. The lowest BCUT2D eigenvalue weighted by Crippen LogP contribution is -2.42. The second-order valence-electron chi connectivity index (χ2n) is 7.67. The summed E-state index contributed by atoms with van der Waals surface area (Å²) in [5, 5.41) is 9.82. The zero-order chi connectivity index (χ0) is 23.6. The molecule has 2 atom stereocenters. The molecule has 7 nitrogen and oxygen atoms in total. The highest BCUT2D eigenvalue weighted by atomic mass is 19.1. The van der Waals surface area contributed by atoms with Crippen molar-refractivity contribution in [2.45, 2.75) is 17.9 Å². The summed E-state index contributed by atoms with van der Waals surface area (Å²) in [5.74, 6) is -1.65. The van der Waals surface area contributed by atoms with E-state index in [4.69, 9.17) is 9.90 Å². The van der Waals surface area contributed by atoms with E-state index in [2.05, 4.69) is 10.3 Å². The summed E-state index contributed by atoms with van der Waals surface area (Å²) in [6, 6.07) is 13.6. The molecule has 3 heterocycles. The smallest absolute Gasteiger partial charge is 0.290 e. The van der Waals surface area contributed by atoms with Gasteiger partial charge in [0.05, 0.1) is 17.8 Å². The standard InChI is InChI=1S/C23H17F2N3O2.CH2O2/c24-16-7-5-14(6-8-16)20-23(18-3-1-2-4-19(18)27-22(23)30)9-10-28(20)21(29)15-11-17(25)13-26-12-15;2-1-3/h1-8,11-13,20H,9-10H2,(H,27,30);1H,(H,2,3)/t20-,23+;/m0./s1. The number of halogens is 2. The lowest BCUT2D eigenvalue weighted by atomic mass is 9.72. The number of anilines is 1. The van der Waals surface area contributed by atoms with Crippen LogP contribution in [0.25, 0.3) is 0 Å². The summed E-state index contributed by atoms with van der Waals surface area (Å²) >= 11 is 0. The van der Waals surface area contributed by atoms with E-state index >= 15 is 0 Å². The topological polar surface area (TPSA) is 99.6 Å². The molecule has 0 aliphatic carbocycles. The molecule has 0 bridgehead atoms. The minimum absolute atomic E-state index is 0.103. The van der Waals surface area contributed by atoms with Crippen molar-refractivity contribution in [3.63, 3.8) is 0 Å². The van der Waals surface area contributed by atoms with E-state index in [0.717, 1.165) is 17.8 Å². The molecule has 1 aromatic heterocycles. The van der Waals surface area contributed by atoms with Crippen molar-refractivity contribution < 1.29 is 28.3 Å². The van der Waals surface area contributed by atoms with Crippen LogP contribution < -0.4 is 5.32 Å². The Morgan fingerprint density at radius 1 is 1.12 bits per heavy atom. The van der Waals surface area contributed by atoms with Gasteiger partial charge >= 0.3 is 0 Å². The molecular formula is C24H19F2N3O4. The Bertz CT molecular complexity index is 1220. The number of pyridine rings is 1. The number of carbonyl (C=O) groups is 3. The van der Waals surface area contributed by atoms with Crippen LogP contribution in [0.1, 0.15) is 33.9 Å². The SMILES string of the molecule is O=C(c1cncc(F)c1)N1CC[C@]2(C(=O)Nc3ccccc32)[C@@H]1c1ccc(F)cc1.O=CO. The van der Waals surface area contributed by atoms with Gasteiger partial charge in [-0.05, 0) is 41.8 Å². The van der Waals surface area contributed by atoms with Crippen molar-refractivity contribution in [2.24, 2.45) is 0 Å². The molecule has 1 fully saturated rings. The monoisotopic (exact) mass is 451 g/mol. The third-order valence-corrected chi connectivity index (χ3v) is 5.99. The molecule has 0 unspecified atom stereocenters. The highest BCUT2D eigenvalue weighted by molar-refractivity contribution is 6.08. The fourth-order valence-corrected chi connectivity index (χ4v) is 4.71. The Kier molecular flexibility index (Phi) is 5.87. The average Bonchev–Trinajstić information content (AvgIpc) is 3.34. The zero-order valence-electron chi connectivity index (χ0n) is 17.2. The normalized spacial score (nSPS) is 20.6. The zero-order valence-corrected chi connectivity index (χ0v) is 17.2. The molecule has 5 rings (SSSR count). The number of hydrogen-bond donors (Lipinski definition) is 2. The van der Waals surface area contributed by atoms with Crippen LogP contribution in [-0.2, 0) is 15.0 Å². The van der Waals surface area contributed by atoms with Crippen LogP contribution in [0.15, 0.2) is 67.0 Å². The summed E-state index contributed by atoms with van der Waals surface area (Å²) in [6.45, 7) is 0.0408. The first kappa shape index (κ1) is 22.1. The molecule has 2 N–H and O–H groups in total. The number of nitrogens with zero attached hydrogens (tertiary/aromatic N) is 2. The summed E-state index contributed by atoms with van der Waals surface area (Å²) in [4.78, 5) is 40.3. The Morgan fingerprint density at radius 3 is 2.52 bits per heavy atom. The molecule has 1 saturated heterocycles. The van der Waals surface area contributed by atoms with Gasteiger partial charge in [-0.1, -0.05) is 30.3 Å². The molecule has 1 spiro atoms. The largest absolute Gasteiger partial charge is 0.483 e. The third kappa shape index (κ3) is 3.71. The van der Waals surface area contributed by atoms with Crippen molar-refractivity contribution in [2.75, 3.05) is 11.9 Å². The number of rotatable bonds is 2. The molecule has 2 aliphatic heterocycles. The van der Waals surface area contributed by atoms with Crippen molar-refractivity contribution >= 4 is 24.0 Å². The van der Waals surface area contributed by atoms with Crippen molar-refractivity contribution in [3.8, 4) is 0 Å². The highest BCUT2D eigenvalue weighted by Gasteiger charge is 2.59. The molecule has 0 saturated carbocycles. The second kappa shape index (κ2) is 8.78. The predicted octanol–water partition coefficient (Wildman–Crippen LogP) is 3.54. The van der Waals surface area contributed by atoms with Crippen molar-refractivity contribution in [3.05, 3.63) is 95.3 Å². The number of benzene rings is 2. The molecule has 33 heavy (non-hydrogen) atoms. The molecule has 2 aliphatic rings. The van der Waals surface area contributed by atoms with Crippen LogP contribution in [0.4, 0.5) is 14.5 Å². The van der Waals surface area contributed by atoms with Crippen LogP contribution in [0, 0.1) is 11.6 Å². The lowest BCUT2D eigenvalue weighted by molar-refractivity contribution is -0.123. The summed E-state index contributed by atoms with van der Waals surface area (Å²) in [6.07, 6.45) is 2.73. The molecule has 3 aromatic rings. The first-order valence-corrected chi connectivity index (χ1v) is 10.1. The van der Waals surface area contributed by atoms with E-state index in [1.807, 2.05) is 24.3 Å². The number of para-hydroxylation sites is 1. The molecule has 2 amide bonds. The van der Waals surface area contributed by atoms with Crippen LogP contribution in [0.5, 0.6) is 0 Å². The minimum atomic E-state index is -1.01. The van der Waals surface area contributed by atoms with E-state index in [9.17, 15) is 18.4 Å². The molecule has 0 radical (unpaired) electrons. The lowest BCUT2D eigenvalue weighted by Gasteiger charge is -2.34. The number of fused-ring (bicyclic) bond motifs is 2. The van der Waals surface area contributed by atoms with E-state index in [1.165, 1.54) is 18.3 Å². The van der Waals surface area contributed by atoms with Crippen LogP contribution in [-0.4, -0.2) is 39.8 Å². The Balaban J connectivity index is 0.000000821. The number of carboxylic acid groups (broad SMARTS) is 1. The van der Waals surface area contributed by atoms with Gasteiger partial charge in [-0.3, -0.25) is 19.4 Å². The number of likely N-dealkylation sites (tertiary alicyclic amines) is 1. The summed E-state index contributed by atoms with van der Waals surface area (Å²) in [7, 11) is 0. The summed E-state index contributed by atoms with van der Waals surface area (Å²) in [5.41, 5.74) is 1.24. The third-order valence-electron chi connectivity index (χ3n) is 5.99. The Hall–Kier alpha value is -4.14. The van der Waals surface area contributed by atoms with Gasteiger partial charge in [0.2, 0.25) is 5.91 Å². The van der Waals surface area contributed by atoms with Crippen LogP contribution in [0.3, 0.4) is 0 Å². The van der Waals surface area contributed by atoms with Crippen LogP contribution >= 0.6 is 0 Å². The fraction of sp³-hybridized carbons (Fsp3) is 0.167. The van der Waals surface area contributed by atoms with Gasteiger partial charge in [0, 0.05) is 18.4 Å². The molecule has 2 aromatic carbocycles. The fourth-order valence-electron chi connectivity index (χ4n) is 4.71. The Labute approximate surface area is 187 Å². The molecular weight excluding hydrogens is 432 g/mol. The van der Waals surface area contributed by atoms with Gasteiger partial charge in [-0.15, -0.1) is 0 Å². The van der Waals surface area contributed by atoms with Gasteiger partial charge < -0.3 is 15.3 Å². The average molecular weight is 451 g/mol. The first-order valence-electron chi connectivity index (χ1n) is 10.1. The molecule has 9 heteroatoms. The minimum Gasteiger partial charge on any atom is -0.483 e. The van der Waals surface area contributed by atoms with Gasteiger partial charge in [-0.25, -0.2) is 8.78 Å². The van der Waals surface area contributed by atoms with E-state index < -0.39 is 29.0 Å². The number of hydrogen-bond acceptors (Lipinski definition) is 4. The van der Waals surface area contributed by atoms with E-state index in [-0.39, 0.29) is 17.9 Å². The quantitative estimate of drug-likeness (QED) is 0.581. The van der Waals surface area contributed by atoms with Crippen molar-refractivity contribution in [1.29, 1.82) is 0 Å². The number of aromatic nitrogens is 1. The maximum atomic E-state index is 13.7. The second-order valence-corrected chi connectivity index (χ2v) is 7.67. The van der Waals surface area contributed by atoms with Crippen LogP contribution in [0.2, 0.25) is 0 Å². The number of carbonyl (C=O) groups excluding carboxylic acids is 2. The highest BCUT2D eigenvalue weighted by Crippen LogP contribution is 2.54. The van der Waals surface area contributed by atoms with Gasteiger partial charge in [0.1, 0.15) is 17.0 Å². The van der Waals surface area contributed by atoms with E-state index in [1.54, 1.807) is 17.0 Å². The van der Waals surface area contributed by atoms with Gasteiger partial charge in [0.15, 0.2) is 0 Å². The van der Waals surface area contributed by atoms with Crippen molar-refractivity contribution in [1.82, 2.24) is 9.88 Å². The number of amides is 2. The first-order chi connectivity index (χ1) is 15.9. The van der Waals surface area contributed by atoms with Gasteiger partial charge in [0.25, 0.3) is 12.4 Å². The Morgan fingerprint density at radius 2 is 1.82 bits per heavy atom.